The molecule has 0 unspecified atom stereocenters. The van der Waals surface area contributed by atoms with Crippen molar-refractivity contribution in [3.8, 4) is 0 Å². The Labute approximate surface area is 116 Å². The zero-order valence-electron chi connectivity index (χ0n) is 13.2. The van der Waals surface area contributed by atoms with E-state index in [9.17, 15) is 9.59 Å². The van der Waals surface area contributed by atoms with E-state index in [1.807, 2.05) is 48.5 Å². The molecule has 0 saturated heterocycles. The Morgan fingerprint density at radius 2 is 1.63 bits per heavy atom. The topological polar surface area (TPSA) is 67.4 Å². The normalized spacial score (nSPS) is 12.2. The largest absolute Gasteiger partial charge is 0.444 e. The predicted octanol–water partition coefficient (Wildman–Crippen LogP) is 2.45. The third-order valence-electron chi connectivity index (χ3n) is 2.15. The molecule has 19 heavy (non-hydrogen) atoms. The van der Waals surface area contributed by atoms with E-state index >= 15 is 0 Å². The Morgan fingerprint density at radius 3 is 2.05 bits per heavy atom. The van der Waals surface area contributed by atoms with E-state index < -0.39 is 17.2 Å². The van der Waals surface area contributed by atoms with Gasteiger partial charge in [-0.15, -0.1) is 0 Å². The molecule has 0 atom stereocenters. The second-order valence-corrected chi connectivity index (χ2v) is 6.89. The van der Waals surface area contributed by atoms with Gasteiger partial charge in [0.2, 0.25) is 5.91 Å². The number of ether oxygens (including phenoxy) is 1. The molecule has 0 fully saturated rings. The molecule has 0 saturated carbocycles. The molecular weight excluding hydrogens is 244 g/mol. The first kappa shape index (κ1) is 17.7. The molecule has 0 aromatic heterocycles. The van der Waals surface area contributed by atoms with Crippen LogP contribution in [-0.4, -0.2) is 29.7 Å². The van der Waals surface area contributed by atoms with Crippen molar-refractivity contribution in [3.05, 3.63) is 0 Å². The highest BCUT2D eigenvalue weighted by Crippen LogP contribution is 2.08. The van der Waals surface area contributed by atoms with Crippen molar-refractivity contribution in [3.63, 3.8) is 0 Å². The molecule has 0 aliphatic carbocycles. The minimum Gasteiger partial charge on any atom is -0.444 e. The average Bonchev–Trinajstić information content (AvgIpc) is 2.09. The Bertz CT molecular complexity index is 317. The number of amides is 2. The number of hydrogen-bond donors (Lipinski definition) is 2. The number of rotatable bonds is 5. The van der Waals surface area contributed by atoms with Gasteiger partial charge in [-0.3, -0.25) is 4.79 Å². The fourth-order valence-electron chi connectivity index (χ4n) is 1.45. The van der Waals surface area contributed by atoms with Gasteiger partial charge in [0.05, 0.1) is 5.54 Å². The van der Waals surface area contributed by atoms with Crippen LogP contribution >= 0.6 is 0 Å². The maximum absolute atomic E-state index is 11.7. The van der Waals surface area contributed by atoms with Crippen molar-refractivity contribution >= 4 is 12.0 Å². The van der Waals surface area contributed by atoms with Gasteiger partial charge in [-0.05, 0) is 40.5 Å². The summed E-state index contributed by atoms with van der Waals surface area (Å²) >= 11 is 0. The number of alkyl carbamates (subject to hydrolysis) is 1. The van der Waals surface area contributed by atoms with Crippen molar-refractivity contribution in [1.82, 2.24) is 10.6 Å². The molecule has 2 amide bonds. The van der Waals surface area contributed by atoms with Crippen molar-refractivity contribution < 1.29 is 14.3 Å². The van der Waals surface area contributed by atoms with E-state index in [0.29, 0.717) is 18.9 Å². The molecule has 0 heterocycles. The number of nitrogens with one attached hydrogen (secondary N) is 2. The molecule has 112 valence electrons. The van der Waals surface area contributed by atoms with Crippen LogP contribution in [0.4, 0.5) is 4.79 Å². The van der Waals surface area contributed by atoms with Gasteiger partial charge in [0.1, 0.15) is 5.60 Å². The van der Waals surface area contributed by atoms with Gasteiger partial charge in [-0.25, -0.2) is 4.79 Å². The molecule has 0 aliphatic rings. The minimum absolute atomic E-state index is 0.00834. The standard InChI is InChI=1S/C14H28N2O3/c1-10(2)8-11(17)16-14(6,7)9-15-12(18)19-13(3,4)5/h10H,8-9H2,1-7H3,(H,15,18)(H,16,17). The second-order valence-electron chi connectivity index (χ2n) is 6.89. The zero-order valence-corrected chi connectivity index (χ0v) is 13.2. The van der Waals surface area contributed by atoms with Gasteiger partial charge in [0.25, 0.3) is 0 Å². The first-order valence-electron chi connectivity index (χ1n) is 6.69. The maximum atomic E-state index is 11.7. The lowest BCUT2D eigenvalue weighted by atomic mass is 10.0. The third-order valence-corrected chi connectivity index (χ3v) is 2.15. The van der Waals surface area contributed by atoms with Crippen LogP contribution < -0.4 is 10.6 Å². The van der Waals surface area contributed by atoms with Crippen molar-refractivity contribution in [2.75, 3.05) is 6.54 Å². The summed E-state index contributed by atoms with van der Waals surface area (Å²) in [5.41, 5.74) is -1.02. The van der Waals surface area contributed by atoms with E-state index in [2.05, 4.69) is 10.6 Å². The Balaban J connectivity index is 4.16. The van der Waals surface area contributed by atoms with Gasteiger partial charge < -0.3 is 15.4 Å². The molecule has 5 nitrogen and oxygen atoms in total. The molecule has 5 heteroatoms. The van der Waals surface area contributed by atoms with E-state index in [1.165, 1.54) is 0 Å². The lowest BCUT2D eigenvalue weighted by Gasteiger charge is -2.28. The van der Waals surface area contributed by atoms with E-state index in [4.69, 9.17) is 4.74 Å². The van der Waals surface area contributed by atoms with Crippen LogP contribution in [0.25, 0.3) is 0 Å². The first-order valence-corrected chi connectivity index (χ1v) is 6.69. The van der Waals surface area contributed by atoms with Gasteiger partial charge in [0.15, 0.2) is 0 Å². The maximum Gasteiger partial charge on any atom is 0.407 e. The smallest absolute Gasteiger partial charge is 0.407 e. The highest BCUT2D eigenvalue weighted by molar-refractivity contribution is 5.77. The molecule has 0 spiro atoms. The number of carbonyl (C=O) groups excluding carboxylic acids is 2. The van der Waals surface area contributed by atoms with Gasteiger partial charge in [-0.2, -0.15) is 0 Å². The zero-order chi connectivity index (χ0) is 15.3. The summed E-state index contributed by atoms with van der Waals surface area (Å²) in [5.74, 6) is 0.306. The summed E-state index contributed by atoms with van der Waals surface area (Å²) in [4.78, 5) is 23.2. The molecule has 2 N–H and O–H groups in total. The monoisotopic (exact) mass is 272 g/mol. The molecule has 0 aliphatic heterocycles. The molecular formula is C14H28N2O3. The van der Waals surface area contributed by atoms with Crippen molar-refractivity contribution in [1.29, 1.82) is 0 Å². The summed E-state index contributed by atoms with van der Waals surface area (Å²) in [6.45, 7) is 13.5. The van der Waals surface area contributed by atoms with E-state index in [0.717, 1.165) is 0 Å². The van der Waals surface area contributed by atoms with Crippen molar-refractivity contribution in [2.24, 2.45) is 5.92 Å². The van der Waals surface area contributed by atoms with Gasteiger partial charge >= 0.3 is 6.09 Å². The van der Waals surface area contributed by atoms with Gasteiger partial charge in [0, 0.05) is 13.0 Å². The molecule has 0 rings (SSSR count). The Kier molecular flexibility index (Phi) is 6.33. The highest BCUT2D eigenvalue weighted by Gasteiger charge is 2.23. The van der Waals surface area contributed by atoms with Crippen LogP contribution in [0.1, 0.15) is 54.9 Å². The van der Waals surface area contributed by atoms with E-state index in [-0.39, 0.29) is 5.91 Å². The Morgan fingerprint density at radius 1 is 1.11 bits per heavy atom. The summed E-state index contributed by atoms with van der Waals surface area (Å²) in [7, 11) is 0. The fourth-order valence-corrected chi connectivity index (χ4v) is 1.45. The number of carbonyl (C=O) groups is 2. The quantitative estimate of drug-likeness (QED) is 0.808. The SMILES string of the molecule is CC(C)CC(=O)NC(C)(C)CNC(=O)OC(C)(C)C. The highest BCUT2D eigenvalue weighted by atomic mass is 16.6. The van der Waals surface area contributed by atoms with Crippen LogP contribution in [0.15, 0.2) is 0 Å². The summed E-state index contributed by atoms with van der Waals surface area (Å²) in [5, 5.41) is 5.56. The van der Waals surface area contributed by atoms with Gasteiger partial charge in [-0.1, -0.05) is 13.8 Å². The third kappa shape index (κ3) is 10.4. The van der Waals surface area contributed by atoms with Crippen LogP contribution in [-0.2, 0) is 9.53 Å². The molecule has 0 radical (unpaired) electrons. The lowest BCUT2D eigenvalue weighted by molar-refractivity contribution is -0.123. The van der Waals surface area contributed by atoms with Crippen molar-refractivity contribution in [2.45, 2.75) is 66.0 Å². The van der Waals surface area contributed by atoms with E-state index in [1.54, 1.807) is 0 Å². The fraction of sp³-hybridized carbons (Fsp3) is 0.857. The molecule has 0 bridgehead atoms. The molecule has 0 aromatic carbocycles. The molecule has 0 aromatic rings. The van der Waals surface area contributed by atoms with Crippen LogP contribution in [0.2, 0.25) is 0 Å². The first-order chi connectivity index (χ1) is 8.41. The lowest BCUT2D eigenvalue weighted by Crippen LogP contribution is -2.52. The second kappa shape index (κ2) is 6.78. The summed E-state index contributed by atoms with van der Waals surface area (Å²) in [6, 6.07) is 0. The summed E-state index contributed by atoms with van der Waals surface area (Å²) < 4.78 is 5.14. The predicted molar refractivity (Wildman–Crippen MR) is 75.9 cm³/mol. The average molecular weight is 272 g/mol. The summed E-state index contributed by atoms with van der Waals surface area (Å²) in [6.07, 6.45) is 0.00857. The van der Waals surface area contributed by atoms with Crippen LogP contribution in [0, 0.1) is 5.92 Å². The van der Waals surface area contributed by atoms with Crippen LogP contribution in [0.5, 0.6) is 0 Å². The number of hydrogen-bond acceptors (Lipinski definition) is 3. The Hall–Kier alpha value is -1.26. The minimum atomic E-state index is -0.519. The van der Waals surface area contributed by atoms with Crippen LogP contribution in [0.3, 0.4) is 0 Å².